The Bertz CT molecular complexity index is 647. The van der Waals surface area contributed by atoms with Crippen LogP contribution in [0, 0.1) is 12.7 Å². The Balaban J connectivity index is 2.07. The Morgan fingerprint density at radius 1 is 1.21 bits per heavy atom. The Hall–Kier alpha value is -2.43. The van der Waals surface area contributed by atoms with Gasteiger partial charge < -0.3 is 9.88 Å². The fourth-order valence-electron chi connectivity index (χ4n) is 1.66. The highest BCUT2D eigenvalue weighted by atomic mass is 19.1. The van der Waals surface area contributed by atoms with Crippen molar-refractivity contribution in [3.8, 4) is 0 Å². The molecule has 0 fully saturated rings. The molecule has 0 atom stereocenters. The first-order valence-electron chi connectivity index (χ1n) is 5.77. The third-order valence-electron chi connectivity index (χ3n) is 2.57. The maximum absolute atomic E-state index is 12.7. The van der Waals surface area contributed by atoms with Crippen molar-refractivity contribution in [3.63, 3.8) is 0 Å². The van der Waals surface area contributed by atoms with Crippen molar-refractivity contribution in [3.05, 3.63) is 64.3 Å². The standard InChI is InChI=1S/C14H13FN2O2/c1-10-2-7-14(19)17(8-10)9-13(18)16-12-5-3-11(15)4-6-12/h2-8H,9H2,1H3,(H,16,18). The summed E-state index contributed by atoms with van der Waals surface area (Å²) in [5, 5.41) is 2.60. The second-order valence-electron chi connectivity index (χ2n) is 4.23. The normalized spacial score (nSPS) is 10.2. The van der Waals surface area contributed by atoms with Gasteiger partial charge in [0.1, 0.15) is 12.4 Å². The van der Waals surface area contributed by atoms with Crippen molar-refractivity contribution in [2.45, 2.75) is 13.5 Å². The molecule has 1 heterocycles. The number of hydrogen-bond acceptors (Lipinski definition) is 2. The number of rotatable bonds is 3. The second kappa shape index (κ2) is 5.48. The maximum atomic E-state index is 12.7. The van der Waals surface area contributed by atoms with Crippen LogP contribution in [0.2, 0.25) is 0 Å². The number of aryl methyl sites for hydroxylation is 1. The van der Waals surface area contributed by atoms with E-state index in [-0.39, 0.29) is 23.8 Å². The van der Waals surface area contributed by atoms with Crippen LogP contribution < -0.4 is 10.9 Å². The van der Waals surface area contributed by atoms with Gasteiger partial charge in [0.15, 0.2) is 0 Å². The lowest BCUT2D eigenvalue weighted by Crippen LogP contribution is -2.26. The summed E-state index contributed by atoms with van der Waals surface area (Å²) >= 11 is 0. The zero-order chi connectivity index (χ0) is 13.8. The number of nitrogens with one attached hydrogen (secondary N) is 1. The first-order valence-corrected chi connectivity index (χ1v) is 5.77. The minimum Gasteiger partial charge on any atom is -0.325 e. The van der Waals surface area contributed by atoms with Gasteiger partial charge in [0, 0.05) is 18.0 Å². The van der Waals surface area contributed by atoms with E-state index in [2.05, 4.69) is 5.32 Å². The quantitative estimate of drug-likeness (QED) is 0.916. The molecule has 0 aliphatic heterocycles. The summed E-state index contributed by atoms with van der Waals surface area (Å²) in [6, 6.07) is 8.55. The van der Waals surface area contributed by atoms with Gasteiger partial charge in [-0.2, -0.15) is 0 Å². The first-order chi connectivity index (χ1) is 9.04. The Kier molecular flexibility index (Phi) is 3.75. The van der Waals surface area contributed by atoms with E-state index in [1.807, 2.05) is 6.92 Å². The maximum Gasteiger partial charge on any atom is 0.251 e. The van der Waals surface area contributed by atoms with Crippen molar-refractivity contribution in [1.82, 2.24) is 4.57 Å². The van der Waals surface area contributed by atoms with Gasteiger partial charge >= 0.3 is 0 Å². The molecule has 0 aliphatic carbocycles. The van der Waals surface area contributed by atoms with Crippen LogP contribution in [0.25, 0.3) is 0 Å². The second-order valence-corrected chi connectivity index (χ2v) is 4.23. The van der Waals surface area contributed by atoms with E-state index < -0.39 is 0 Å². The van der Waals surface area contributed by atoms with E-state index in [1.165, 1.54) is 34.9 Å². The summed E-state index contributed by atoms with van der Waals surface area (Å²) in [4.78, 5) is 23.3. The fraction of sp³-hybridized carbons (Fsp3) is 0.143. The third-order valence-corrected chi connectivity index (χ3v) is 2.57. The van der Waals surface area contributed by atoms with E-state index in [9.17, 15) is 14.0 Å². The number of carbonyl (C=O) groups excluding carboxylic acids is 1. The summed E-state index contributed by atoms with van der Waals surface area (Å²) in [6.45, 7) is 1.77. The topological polar surface area (TPSA) is 51.1 Å². The number of halogens is 1. The molecule has 1 amide bonds. The van der Waals surface area contributed by atoms with E-state index in [4.69, 9.17) is 0 Å². The molecule has 0 bridgehead atoms. The molecular weight excluding hydrogens is 247 g/mol. The Morgan fingerprint density at radius 2 is 1.89 bits per heavy atom. The molecule has 0 aliphatic rings. The number of pyridine rings is 1. The molecule has 0 unspecified atom stereocenters. The summed E-state index contributed by atoms with van der Waals surface area (Å²) in [5.74, 6) is -0.702. The summed E-state index contributed by atoms with van der Waals surface area (Å²) < 4.78 is 14.0. The number of nitrogens with zero attached hydrogens (tertiary/aromatic N) is 1. The van der Waals surface area contributed by atoms with E-state index in [1.54, 1.807) is 12.3 Å². The fourth-order valence-corrected chi connectivity index (χ4v) is 1.66. The lowest BCUT2D eigenvalue weighted by atomic mass is 10.3. The van der Waals surface area contributed by atoms with Gasteiger partial charge in [0.2, 0.25) is 5.91 Å². The van der Waals surface area contributed by atoms with Crippen LogP contribution in [0.15, 0.2) is 47.4 Å². The molecule has 98 valence electrons. The van der Waals surface area contributed by atoms with Crippen molar-refractivity contribution >= 4 is 11.6 Å². The molecule has 0 radical (unpaired) electrons. The van der Waals surface area contributed by atoms with E-state index in [0.717, 1.165) is 5.56 Å². The number of amides is 1. The zero-order valence-corrected chi connectivity index (χ0v) is 10.4. The monoisotopic (exact) mass is 260 g/mol. The van der Waals surface area contributed by atoms with Crippen molar-refractivity contribution in [2.75, 3.05) is 5.32 Å². The van der Waals surface area contributed by atoms with Crippen LogP contribution in [-0.4, -0.2) is 10.5 Å². The summed E-state index contributed by atoms with van der Waals surface area (Å²) in [5.41, 5.74) is 1.15. The van der Waals surface area contributed by atoms with Gasteiger partial charge in [-0.25, -0.2) is 4.39 Å². The predicted molar refractivity (Wildman–Crippen MR) is 70.5 cm³/mol. The average Bonchev–Trinajstić information content (AvgIpc) is 2.37. The number of benzene rings is 1. The van der Waals surface area contributed by atoms with Crippen LogP contribution in [0.4, 0.5) is 10.1 Å². The minimum atomic E-state index is -0.368. The largest absolute Gasteiger partial charge is 0.325 e. The Labute approximate surface area is 109 Å². The number of hydrogen-bond donors (Lipinski definition) is 1. The lowest BCUT2D eigenvalue weighted by molar-refractivity contribution is -0.116. The predicted octanol–water partition coefficient (Wildman–Crippen LogP) is 1.93. The number of carbonyl (C=O) groups is 1. The molecule has 2 aromatic rings. The molecule has 1 N–H and O–H groups in total. The number of aromatic nitrogens is 1. The summed E-state index contributed by atoms with van der Waals surface area (Å²) in [7, 11) is 0. The molecular formula is C14H13FN2O2. The van der Waals surface area contributed by atoms with Crippen molar-refractivity contribution in [1.29, 1.82) is 0 Å². The van der Waals surface area contributed by atoms with Crippen LogP contribution in [0.1, 0.15) is 5.56 Å². The summed E-state index contributed by atoms with van der Waals surface area (Å²) in [6.07, 6.45) is 1.62. The minimum absolute atomic E-state index is 0.0715. The van der Waals surface area contributed by atoms with Gasteiger partial charge in [-0.05, 0) is 36.8 Å². The highest BCUT2D eigenvalue weighted by molar-refractivity contribution is 5.90. The van der Waals surface area contributed by atoms with Gasteiger partial charge in [-0.3, -0.25) is 9.59 Å². The molecule has 19 heavy (non-hydrogen) atoms. The molecule has 4 nitrogen and oxygen atoms in total. The first kappa shape index (κ1) is 13.0. The molecule has 0 saturated carbocycles. The van der Waals surface area contributed by atoms with E-state index >= 15 is 0 Å². The van der Waals surface area contributed by atoms with Crippen LogP contribution in [-0.2, 0) is 11.3 Å². The van der Waals surface area contributed by atoms with Crippen LogP contribution >= 0.6 is 0 Å². The third kappa shape index (κ3) is 3.51. The lowest BCUT2D eigenvalue weighted by Gasteiger charge is -2.07. The van der Waals surface area contributed by atoms with Crippen LogP contribution in [0.3, 0.4) is 0 Å². The molecule has 0 saturated heterocycles. The van der Waals surface area contributed by atoms with Crippen LogP contribution in [0.5, 0.6) is 0 Å². The van der Waals surface area contributed by atoms with Crippen molar-refractivity contribution in [2.24, 2.45) is 0 Å². The molecule has 1 aromatic carbocycles. The molecule has 1 aromatic heterocycles. The average molecular weight is 260 g/mol. The highest BCUT2D eigenvalue weighted by Gasteiger charge is 2.05. The SMILES string of the molecule is Cc1ccc(=O)n(CC(=O)Nc2ccc(F)cc2)c1. The zero-order valence-electron chi connectivity index (χ0n) is 10.4. The van der Waals surface area contributed by atoms with E-state index in [0.29, 0.717) is 5.69 Å². The molecule has 5 heteroatoms. The highest BCUT2D eigenvalue weighted by Crippen LogP contribution is 2.08. The van der Waals surface area contributed by atoms with Gasteiger partial charge in [0.25, 0.3) is 5.56 Å². The molecule has 0 spiro atoms. The van der Waals surface area contributed by atoms with Crippen molar-refractivity contribution < 1.29 is 9.18 Å². The number of anilines is 1. The van der Waals surface area contributed by atoms with Gasteiger partial charge in [-0.1, -0.05) is 6.07 Å². The Morgan fingerprint density at radius 3 is 2.58 bits per heavy atom. The van der Waals surface area contributed by atoms with Gasteiger partial charge in [0.05, 0.1) is 0 Å². The molecule has 2 rings (SSSR count). The van der Waals surface area contributed by atoms with Gasteiger partial charge in [-0.15, -0.1) is 0 Å². The smallest absolute Gasteiger partial charge is 0.251 e.